The molecule has 2 aromatic carbocycles. The second kappa shape index (κ2) is 6.73. The lowest BCUT2D eigenvalue weighted by Gasteiger charge is -2.24. The summed E-state index contributed by atoms with van der Waals surface area (Å²) in [4.78, 5) is 27.7. The topological polar surface area (TPSA) is 40.6 Å². The molecule has 124 valence electrons. The van der Waals surface area contributed by atoms with Gasteiger partial charge in [-0.2, -0.15) is 0 Å². The van der Waals surface area contributed by atoms with Crippen molar-refractivity contribution in [3.05, 3.63) is 62.6 Å². The van der Waals surface area contributed by atoms with Crippen molar-refractivity contribution in [2.75, 3.05) is 18.6 Å². The molecule has 0 saturated heterocycles. The Hall–Kier alpha value is -1.59. The first kappa shape index (κ1) is 17.2. The van der Waals surface area contributed by atoms with Gasteiger partial charge in [-0.05, 0) is 42.9 Å². The Kier molecular flexibility index (Phi) is 4.83. The van der Waals surface area contributed by atoms with Crippen LogP contribution < -0.4 is 4.90 Å². The van der Waals surface area contributed by atoms with Crippen LogP contribution in [0.25, 0.3) is 0 Å². The summed E-state index contributed by atoms with van der Waals surface area (Å²) in [5, 5.41) is 1.41. The van der Waals surface area contributed by atoms with Crippen LogP contribution in [0.3, 0.4) is 0 Å². The molecule has 2 aromatic rings. The quantitative estimate of drug-likeness (QED) is 0.741. The highest BCUT2D eigenvalue weighted by atomic mass is 35.5. The van der Waals surface area contributed by atoms with Crippen molar-refractivity contribution in [2.24, 2.45) is 0 Å². The highest BCUT2D eigenvalue weighted by Crippen LogP contribution is 2.31. The van der Waals surface area contributed by atoms with Gasteiger partial charge in [-0.15, -0.1) is 0 Å². The predicted octanol–water partition coefficient (Wildman–Crippen LogP) is 4.27. The van der Waals surface area contributed by atoms with E-state index in [2.05, 4.69) is 0 Å². The van der Waals surface area contributed by atoms with Crippen LogP contribution >= 0.6 is 34.8 Å². The fourth-order valence-electron chi connectivity index (χ4n) is 2.65. The van der Waals surface area contributed by atoms with Gasteiger partial charge >= 0.3 is 5.91 Å². The molecule has 7 heteroatoms. The lowest BCUT2D eigenvalue weighted by atomic mass is 10.1. The van der Waals surface area contributed by atoms with E-state index < -0.39 is 11.7 Å². The minimum Gasteiger partial charge on any atom is -0.291 e. The van der Waals surface area contributed by atoms with E-state index >= 15 is 0 Å². The maximum absolute atomic E-state index is 12.2. The van der Waals surface area contributed by atoms with E-state index in [1.165, 1.54) is 11.0 Å². The summed E-state index contributed by atoms with van der Waals surface area (Å²) in [6, 6.07) is 10.3. The number of ketones is 1. The smallest absolute Gasteiger partial charge is 0.291 e. The number of carbonyl (C=O) groups excluding carboxylic acids is 2. The molecule has 0 N–H and O–H groups in total. The summed E-state index contributed by atoms with van der Waals surface area (Å²) in [6.45, 7) is 0.831. The minimum atomic E-state index is -0.548. The van der Waals surface area contributed by atoms with Crippen molar-refractivity contribution in [3.63, 3.8) is 0 Å². The molecule has 0 aromatic heterocycles. The average Bonchev–Trinajstić information content (AvgIpc) is 2.76. The largest absolute Gasteiger partial charge is 0.300 e. The van der Waals surface area contributed by atoms with Gasteiger partial charge in [0.05, 0.1) is 28.0 Å². The Morgan fingerprint density at radius 3 is 2.46 bits per heavy atom. The number of hydrogen-bond donors (Lipinski definition) is 0. The van der Waals surface area contributed by atoms with Gasteiger partial charge in [-0.3, -0.25) is 19.4 Å². The van der Waals surface area contributed by atoms with Crippen LogP contribution in [0.1, 0.15) is 15.9 Å². The van der Waals surface area contributed by atoms with E-state index in [0.29, 0.717) is 32.9 Å². The molecule has 0 fully saturated rings. The lowest BCUT2D eigenvalue weighted by molar-refractivity contribution is -0.114. The third-order valence-corrected chi connectivity index (χ3v) is 4.73. The summed E-state index contributed by atoms with van der Waals surface area (Å²) < 4.78 is 0. The number of nitrogens with zero attached hydrogens (tertiary/aromatic N) is 2. The summed E-state index contributed by atoms with van der Waals surface area (Å²) in [6.07, 6.45) is 0. The molecular weight excluding hydrogens is 371 g/mol. The molecule has 24 heavy (non-hydrogen) atoms. The van der Waals surface area contributed by atoms with Crippen LogP contribution in [-0.4, -0.2) is 30.3 Å². The molecule has 0 unspecified atom stereocenters. The summed E-state index contributed by atoms with van der Waals surface area (Å²) in [5.41, 5.74) is 1.88. The maximum atomic E-state index is 12.2. The first-order chi connectivity index (χ1) is 11.4. The first-order valence-electron chi connectivity index (χ1n) is 7.15. The monoisotopic (exact) mass is 382 g/mol. The molecule has 0 radical (unpaired) electrons. The van der Waals surface area contributed by atoms with Crippen LogP contribution in [0, 0.1) is 0 Å². The molecule has 1 aliphatic heterocycles. The van der Waals surface area contributed by atoms with Crippen LogP contribution in [-0.2, 0) is 11.3 Å². The minimum absolute atomic E-state index is 0.277. The van der Waals surface area contributed by atoms with Gasteiger partial charge in [0.15, 0.2) is 0 Å². The van der Waals surface area contributed by atoms with Crippen molar-refractivity contribution in [2.45, 2.75) is 6.54 Å². The lowest BCUT2D eigenvalue weighted by Crippen LogP contribution is -2.38. The maximum Gasteiger partial charge on any atom is 0.300 e. The standard InChI is InChI=1S/C17H13Cl3N2O2/c1-21(8-10-2-4-13(19)14(20)6-10)9-22-15-5-3-11(18)7-12(15)16(23)17(22)24/h2-7H,8-9H2,1H3. The number of benzene rings is 2. The molecule has 0 spiro atoms. The molecule has 3 rings (SSSR count). The van der Waals surface area contributed by atoms with Crippen LogP contribution in [0.4, 0.5) is 5.69 Å². The zero-order valence-electron chi connectivity index (χ0n) is 12.7. The number of fused-ring (bicyclic) bond motifs is 1. The summed E-state index contributed by atoms with van der Waals surface area (Å²) >= 11 is 17.8. The third-order valence-electron chi connectivity index (χ3n) is 3.75. The van der Waals surface area contributed by atoms with E-state index in [1.54, 1.807) is 24.3 Å². The fourth-order valence-corrected chi connectivity index (χ4v) is 3.15. The Bertz CT molecular complexity index is 839. The van der Waals surface area contributed by atoms with Crippen LogP contribution in [0.5, 0.6) is 0 Å². The van der Waals surface area contributed by atoms with Gasteiger partial charge in [-0.25, -0.2) is 0 Å². The molecule has 4 nitrogen and oxygen atoms in total. The Balaban J connectivity index is 1.77. The van der Waals surface area contributed by atoms with Gasteiger partial charge in [0.1, 0.15) is 0 Å². The van der Waals surface area contributed by atoms with Crippen molar-refractivity contribution >= 4 is 52.2 Å². The Morgan fingerprint density at radius 1 is 1.00 bits per heavy atom. The average molecular weight is 384 g/mol. The number of amides is 1. The molecule has 1 heterocycles. The summed E-state index contributed by atoms with van der Waals surface area (Å²) in [5.74, 6) is -1.08. The Labute approximate surface area is 154 Å². The van der Waals surface area contributed by atoms with Crippen molar-refractivity contribution in [1.82, 2.24) is 4.90 Å². The Morgan fingerprint density at radius 2 is 1.75 bits per heavy atom. The molecule has 0 atom stereocenters. The van der Waals surface area contributed by atoms with Crippen molar-refractivity contribution < 1.29 is 9.59 Å². The van der Waals surface area contributed by atoms with Gasteiger partial charge in [0.25, 0.3) is 5.78 Å². The molecular formula is C17H13Cl3N2O2. The van der Waals surface area contributed by atoms with Crippen molar-refractivity contribution in [1.29, 1.82) is 0 Å². The summed E-state index contributed by atoms with van der Waals surface area (Å²) in [7, 11) is 1.86. The van der Waals surface area contributed by atoms with E-state index in [1.807, 2.05) is 18.0 Å². The highest BCUT2D eigenvalue weighted by molar-refractivity contribution is 6.52. The normalized spacial score (nSPS) is 13.8. The fraction of sp³-hybridized carbons (Fsp3) is 0.176. The number of anilines is 1. The second-order valence-corrected chi connectivity index (χ2v) is 6.88. The van der Waals surface area contributed by atoms with E-state index in [4.69, 9.17) is 34.8 Å². The molecule has 1 aliphatic rings. The molecule has 0 bridgehead atoms. The number of halogens is 3. The van der Waals surface area contributed by atoms with Crippen molar-refractivity contribution in [3.8, 4) is 0 Å². The zero-order valence-corrected chi connectivity index (χ0v) is 15.0. The van der Waals surface area contributed by atoms with Crippen LogP contribution in [0.15, 0.2) is 36.4 Å². The van der Waals surface area contributed by atoms with E-state index in [-0.39, 0.29) is 6.67 Å². The second-order valence-electron chi connectivity index (χ2n) is 5.63. The number of Topliss-reactive ketones (excluding diaryl/α,β-unsaturated/α-hetero) is 1. The van der Waals surface area contributed by atoms with E-state index in [9.17, 15) is 9.59 Å². The van der Waals surface area contributed by atoms with Gasteiger partial charge < -0.3 is 0 Å². The number of hydrogen-bond acceptors (Lipinski definition) is 3. The van der Waals surface area contributed by atoms with Gasteiger partial charge in [0, 0.05) is 11.6 Å². The zero-order chi connectivity index (χ0) is 17.4. The molecule has 0 saturated carbocycles. The van der Waals surface area contributed by atoms with Gasteiger partial charge in [-0.1, -0.05) is 40.9 Å². The number of rotatable bonds is 4. The predicted molar refractivity (Wildman–Crippen MR) is 96.1 cm³/mol. The molecule has 0 aliphatic carbocycles. The van der Waals surface area contributed by atoms with E-state index in [0.717, 1.165) is 5.56 Å². The van der Waals surface area contributed by atoms with Crippen LogP contribution in [0.2, 0.25) is 15.1 Å². The highest BCUT2D eigenvalue weighted by Gasteiger charge is 2.36. The van der Waals surface area contributed by atoms with Gasteiger partial charge in [0.2, 0.25) is 0 Å². The third kappa shape index (κ3) is 3.28. The molecule has 1 amide bonds. The number of carbonyl (C=O) groups is 2. The SMILES string of the molecule is CN(Cc1ccc(Cl)c(Cl)c1)CN1C(=O)C(=O)c2cc(Cl)ccc21. The first-order valence-corrected chi connectivity index (χ1v) is 8.28.